The van der Waals surface area contributed by atoms with E-state index in [4.69, 9.17) is 4.74 Å². The molecule has 0 radical (unpaired) electrons. The third kappa shape index (κ3) is 4.34. The average Bonchev–Trinajstić information content (AvgIpc) is 2.53. The van der Waals surface area contributed by atoms with E-state index < -0.39 is 0 Å². The van der Waals surface area contributed by atoms with Crippen molar-refractivity contribution < 1.29 is 4.74 Å². The fourth-order valence-electron chi connectivity index (χ4n) is 2.00. The van der Waals surface area contributed by atoms with Gasteiger partial charge >= 0.3 is 0 Å². The van der Waals surface area contributed by atoms with Crippen LogP contribution in [-0.2, 0) is 6.54 Å². The molecule has 0 aliphatic heterocycles. The van der Waals surface area contributed by atoms with Crippen LogP contribution in [0, 0.1) is 0 Å². The van der Waals surface area contributed by atoms with Gasteiger partial charge in [0.1, 0.15) is 17.4 Å². The third-order valence-electron chi connectivity index (χ3n) is 3.12. The summed E-state index contributed by atoms with van der Waals surface area (Å²) in [7, 11) is 3.68. The van der Waals surface area contributed by atoms with Crippen molar-refractivity contribution in [1.82, 2.24) is 9.97 Å². The van der Waals surface area contributed by atoms with Crippen LogP contribution in [-0.4, -0.2) is 30.7 Å². The van der Waals surface area contributed by atoms with E-state index >= 15 is 0 Å². The average molecular weight is 286 g/mol. The topological polar surface area (TPSA) is 50.3 Å². The molecule has 0 aliphatic carbocycles. The SMILES string of the molecule is CCCNc1cncc(N(C)Cc2cccc(OC)c2)n1. The molecule has 0 saturated heterocycles. The number of aromatic nitrogens is 2. The zero-order chi connectivity index (χ0) is 15.1. The predicted octanol–water partition coefficient (Wildman–Crippen LogP) is 2.94. The summed E-state index contributed by atoms with van der Waals surface area (Å²) in [5.74, 6) is 2.52. The van der Waals surface area contributed by atoms with E-state index in [9.17, 15) is 0 Å². The molecule has 21 heavy (non-hydrogen) atoms. The Kier molecular flexibility index (Phi) is 5.37. The van der Waals surface area contributed by atoms with Gasteiger partial charge in [-0.1, -0.05) is 19.1 Å². The van der Waals surface area contributed by atoms with E-state index in [2.05, 4.69) is 33.2 Å². The zero-order valence-electron chi connectivity index (χ0n) is 12.8. The Bertz CT molecular complexity index is 574. The van der Waals surface area contributed by atoms with Gasteiger partial charge in [0, 0.05) is 20.1 Å². The van der Waals surface area contributed by atoms with Crippen LogP contribution in [0.3, 0.4) is 0 Å². The van der Waals surface area contributed by atoms with Gasteiger partial charge in [-0.15, -0.1) is 0 Å². The normalized spacial score (nSPS) is 10.2. The molecule has 0 spiro atoms. The maximum atomic E-state index is 5.25. The van der Waals surface area contributed by atoms with E-state index in [0.29, 0.717) is 0 Å². The van der Waals surface area contributed by atoms with E-state index in [1.165, 1.54) is 5.56 Å². The van der Waals surface area contributed by atoms with Crippen molar-refractivity contribution in [2.24, 2.45) is 0 Å². The quantitative estimate of drug-likeness (QED) is 0.848. The highest BCUT2D eigenvalue weighted by atomic mass is 16.5. The zero-order valence-corrected chi connectivity index (χ0v) is 12.8. The van der Waals surface area contributed by atoms with Gasteiger partial charge in [0.25, 0.3) is 0 Å². The van der Waals surface area contributed by atoms with Crippen LogP contribution >= 0.6 is 0 Å². The third-order valence-corrected chi connectivity index (χ3v) is 3.12. The van der Waals surface area contributed by atoms with Gasteiger partial charge < -0.3 is 15.0 Å². The molecule has 2 aromatic rings. The molecule has 1 aromatic carbocycles. The minimum absolute atomic E-state index is 0.753. The minimum atomic E-state index is 0.753. The summed E-state index contributed by atoms with van der Waals surface area (Å²) in [5.41, 5.74) is 1.17. The number of methoxy groups -OCH3 is 1. The van der Waals surface area contributed by atoms with Crippen molar-refractivity contribution in [3.05, 3.63) is 42.2 Å². The lowest BCUT2D eigenvalue weighted by atomic mass is 10.2. The lowest BCUT2D eigenvalue weighted by Gasteiger charge is -2.19. The summed E-state index contributed by atoms with van der Waals surface area (Å²) in [6, 6.07) is 8.04. The van der Waals surface area contributed by atoms with Gasteiger partial charge in [0.15, 0.2) is 0 Å². The van der Waals surface area contributed by atoms with Crippen molar-refractivity contribution in [1.29, 1.82) is 0 Å². The Morgan fingerprint density at radius 3 is 2.90 bits per heavy atom. The summed E-state index contributed by atoms with van der Waals surface area (Å²) in [4.78, 5) is 10.9. The van der Waals surface area contributed by atoms with Crippen LogP contribution in [0.2, 0.25) is 0 Å². The van der Waals surface area contributed by atoms with Gasteiger partial charge in [-0.2, -0.15) is 0 Å². The molecule has 0 saturated carbocycles. The molecule has 1 aromatic heterocycles. The lowest BCUT2D eigenvalue weighted by molar-refractivity contribution is 0.414. The van der Waals surface area contributed by atoms with Crippen LogP contribution < -0.4 is 15.0 Å². The highest BCUT2D eigenvalue weighted by Crippen LogP contribution is 2.17. The molecule has 112 valence electrons. The van der Waals surface area contributed by atoms with E-state index in [-0.39, 0.29) is 0 Å². The van der Waals surface area contributed by atoms with Crippen molar-refractivity contribution in [3.63, 3.8) is 0 Å². The summed E-state index contributed by atoms with van der Waals surface area (Å²) in [5, 5.41) is 3.25. The van der Waals surface area contributed by atoms with Gasteiger partial charge in [-0.25, -0.2) is 4.98 Å². The predicted molar refractivity (Wildman–Crippen MR) is 85.9 cm³/mol. The van der Waals surface area contributed by atoms with Gasteiger partial charge in [-0.3, -0.25) is 4.98 Å². The molecule has 5 nitrogen and oxygen atoms in total. The smallest absolute Gasteiger partial charge is 0.149 e. The Morgan fingerprint density at radius 2 is 2.14 bits per heavy atom. The highest BCUT2D eigenvalue weighted by molar-refractivity contribution is 5.44. The number of nitrogens with zero attached hydrogens (tertiary/aromatic N) is 3. The van der Waals surface area contributed by atoms with Gasteiger partial charge in [0.05, 0.1) is 19.5 Å². The molecule has 0 atom stereocenters. The lowest BCUT2D eigenvalue weighted by Crippen LogP contribution is -2.18. The second-order valence-electron chi connectivity index (χ2n) is 4.90. The number of benzene rings is 1. The molecule has 0 fully saturated rings. The summed E-state index contributed by atoms with van der Waals surface area (Å²) in [6.45, 7) is 3.78. The number of hydrogen-bond donors (Lipinski definition) is 1. The van der Waals surface area contributed by atoms with Crippen LogP contribution in [0.5, 0.6) is 5.75 Å². The number of ether oxygens (including phenoxy) is 1. The van der Waals surface area contributed by atoms with Crippen molar-refractivity contribution in [2.75, 3.05) is 30.9 Å². The molecular formula is C16H22N4O. The minimum Gasteiger partial charge on any atom is -0.497 e. The second kappa shape index (κ2) is 7.47. The molecule has 0 bridgehead atoms. The number of hydrogen-bond acceptors (Lipinski definition) is 5. The Morgan fingerprint density at radius 1 is 1.29 bits per heavy atom. The van der Waals surface area contributed by atoms with Gasteiger partial charge in [0.2, 0.25) is 0 Å². The molecule has 1 N–H and O–H groups in total. The molecule has 2 rings (SSSR count). The largest absolute Gasteiger partial charge is 0.497 e. The Balaban J connectivity index is 2.06. The second-order valence-corrected chi connectivity index (χ2v) is 4.90. The number of nitrogens with one attached hydrogen (secondary N) is 1. The molecule has 0 unspecified atom stereocenters. The highest BCUT2D eigenvalue weighted by Gasteiger charge is 2.06. The molecule has 0 aliphatic rings. The fraction of sp³-hybridized carbons (Fsp3) is 0.375. The molecule has 0 amide bonds. The first-order valence-electron chi connectivity index (χ1n) is 7.13. The summed E-state index contributed by atoms with van der Waals surface area (Å²) < 4.78 is 5.25. The Hall–Kier alpha value is -2.30. The summed E-state index contributed by atoms with van der Waals surface area (Å²) >= 11 is 0. The van der Waals surface area contributed by atoms with Crippen LogP contribution in [0.25, 0.3) is 0 Å². The van der Waals surface area contributed by atoms with E-state index in [0.717, 1.165) is 36.9 Å². The number of rotatable bonds is 7. The van der Waals surface area contributed by atoms with Crippen molar-refractivity contribution in [3.8, 4) is 5.75 Å². The van der Waals surface area contributed by atoms with E-state index in [1.54, 1.807) is 19.5 Å². The fourth-order valence-corrected chi connectivity index (χ4v) is 2.00. The summed E-state index contributed by atoms with van der Waals surface area (Å²) in [6.07, 6.45) is 4.58. The van der Waals surface area contributed by atoms with Crippen LogP contribution in [0.15, 0.2) is 36.7 Å². The van der Waals surface area contributed by atoms with E-state index in [1.807, 2.05) is 25.2 Å². The monoisotopic (exact) mass is 286 g/mol. The van der Waals surface area contributed by atoms with Crippen LogP contribution in [0.4, 0.5) is 11.6 Å². The molecule has 1 heterocycles. The Labute approximate surface area is 126 Å². The van der Waals surface area contributed by atoms with Gasteiger partial charge in [-0.05, 0) is 24.1 Å². The molecule has 5 heteroatoms. The number of anilines is 2. The first-order chi connectivity index (χ1) is 10.2. The first-order valence-corrected chi connectivity index (χ1v) is 7.13. The van der Waals surface area contributed by atoms with Crippen molar-refractivity contribution in [2.45, 2.75) is 19.9 Å². The van der Waals surface area contributed by atoms with Crippen molar-refractivity contribution >= 4 is 11.6 Å². The molecular weight excluding hydrogens is 264 g/mol. The standard InChI is InChI=1S/C16H22N4O/c1-4-8-18-15-10-17-11-16(19-15)20(2)12-13-6-5-7-14(9-13)21-3/h5-7,9-11H,4,8,12H2,1-3H3,(H,18,19). The maximum Gasteiger partial charge on any atom is 0.149 e. The first kappa shape index (κ1) is 15.1. The maximum absolute atomic E-state index is 5.25. The van der Waals surface area contributed by atoms with Crippen LogP contribution in [0.1, 0.15) is 18.9 Å².